The van der Waals surface area contributed by atoms with Gasteiger partial charge in [-0.05, 0) is 78.9 Å². The standard InChI is InChI=1S/C33H24N4/c1-2-8-24(9-3-1)36-28-12-6-5-11-26(28)27-20-23(14-16-29(27)36)25-10-4-7-13-30-33(25)35-32-17-15-22-18-19-34-21-31(22)37(30)32/h2,4-9,11-21H,1,3,10H2. The minimum atomic E-state index is 0.835. The number of allylic oxidation sites excluding steroid dienone is 6. The number of fused-ring (bicyclic) bond motifs is 8. The van der Waals surface area contributed by atoms with Gasteiger partial charge in [0.15, 0.2) is 0 Å². The highest BCUT2D eigenvalue weighted by Crippen LogP contribution is 2.35. The van der Waals surface area contributed by atoms with Gasteiger partial charge in [-0.3, -0.25) is 9.38 Å². The molecule has 0 bridgehead atoms. The smallest absolute Gasteiger partial charge is 0.138 e. The maximum absolute atomic E-state index is 5.15. The van der Waals surface area contributed by atoms with E-state index >= 15 is 0 Å². The van der Waals surface area contributed by atoms with E-state index in [0.717, 1.165) is 46.5 Å². The molecule has 6 aromatic rings. The Morgan fingerprint density at radius 1 is 0.811 bits per heavy atom. The summed E-state index contributed by atoms with van der Waals surface area (Å²) < 4.78 is 4.64. The molecule has 0 radical (unpaired) electrons. The number of benzene rings is 2. The van der Waals surface area contributed by atoms with E-state index in [-0.39, 0.29) is 0 Å². The molecule has 4 nitrogen and oxygen atoms in total. The van der Waals surface area contributed by atoms with E-state index in [0.29, 0.717) is 0 Å². The number of para-hydroxylation sites is 1. The van der Waals surface area contributed by atoms with Crippen LogP contribution in [-0.2, 0) is 0 Å². The summed E-state index contributed by atoms with van der Waals surface area (Å²) >= 11 is 0. The maximum atomic E-state index is 5.15. The summed E-state index contributed by atoms with van der Waals surface area (Å²) in [6, 6.07) is 22.0. The van der Waals surface area contributed by atoms with Crippen molar-refractivity contribution in [2.75, 3.05) is 0 Å². The molecule has 4 aromatic heterocycles. The highest BCUT2D eigenvalue weighted by molar-refractivity contribution is 6.11. The van der Waals surface area contributed by atoms with Gasteiger partial charge < -0.3 is 4.57 Å². The number of hydrogen-bond acceptors (Lipinski definition) is 2. The fraction of sp³-hybridized carbons (Fsp3) is 0.0909. The molecule has 0 aliphatic heterocycles. The van der Waals surface area contributed by atoms with E-state index in [9.17, 15) is 0 Å². The van der Waals surface area contributed by atoms with E-state index in [1.165, 1.54) is 38.6 Å². The van der Waals surface area contributed by atoms with Gasteiger partial charge in [0.1, 0.15) is 5.65 Å². The molecule has 0 spiro atoms. The van der Waals surface area contributed by atoms with Crippen LogP contribution in [0.3, 0.4) is 0 Å². The minimum Gasteiger partial charge on any atom is -0.310 e. The zero-order valence-corrected chi connectivity index (χ0v) is 20.3. The summed E-state index contributed by atoms with van der Waals surface area (Å²) in [5.41, 5.74) is 8.24. The SMILES string of the molecule is C1=CCC(c2ccc3c(c2)c2ccccc2n3C2=CCCC=C2)=c2nc3ccc4ccncc4n3c2=C1. The molecule has 4 heteroatoms. The lowest BCUT2D eigenvalue weighted by Crippen LogP contribution is -2.29. The first-order valence-corrected chi connectivity index (χ1v) is 12.9. The third kappa shape index (κ3) is 3.02. The zero-order chi connectivity index (χ0) is 24.3. The van der Waals surface area contributed by atoms with Crippen LogP contribution in [0.25, 0.3) is 55.7 Å². The number of imidazole rings is 1. The molecule has 2 aliphatic carbocycles. The molecule has 0 saturated carbocycles. The predicted molar refractivity (Wildman–Crippen MR) is 153 cm³/mol. The van der Waals surface area contributed by atoms with Crippen LogP contribution in [0.2, 0.25) is 0 Å². The average molecular weight is 477 g/mol. The summed E-state index contributed by atoms with van der Waals surface area (Å²) in [6.45, 7) is 0. The fourth-order valence-corrected chi connectivity index (χ4v) is 5.98. The largest absolute Gasteiger partial charge is 0.310 e. The lowest BCUT2D eigenvalue weighted by atomic mass is 10.00. The normalized spacial score (nSPS) is 15.4. The zero-order valence-electron chi connectivity index (χ0n) is 20.3. The first-order chi connectivity index (χ1) is 18.4. The van der Waals surface area contributed by atoms with Crippen molar-refractivity contribution >= 4 is 55.7 Å². The molecule has 0 saturated heterocycles. The van der Waals surface area contributed by atoms with Crippen LogP contribution < -0.4 is 10.7 Å². The first kappa shape index (κ1) is 20.5. The Morgan fingerprint density at radius 3 is 2.70 bits per heavy atom. The number of rotatable bonds is 2. The molecule has 37 heavy (non-hydrogen) atoms. The Morgan fingerprint density at radius 2 is 1.76 bits per heavy atom. The monoisotopic (exact) mass is 476 g/mol. The summed E-state index contributed by atoms with van der Waals surface area (Å²) in [5.74, 6) is 0. The molecule has 2 aliphatic rings. The second kappa shape index (κ2) is 7.90. The molecule has 4 heterocycles. The Bertz CT molecular complexity index is 2110. The third-order valence-corrected chi connectivity index (χ3v) is 7.68. The number of hydrogen-bond donors (Lipinski definition) is 0. The Labute approximate surface area is 213 Å². The average Bonchev–Trinajstić information content (AvgIpc) is 3.41. The van der Waals surface area contributed by atoms with E-state index in [4.69, 9.17) is 4.98 Å². The van der Waals surface area contributed by atoms with Crippen molar-refractivity contribution < 1.29 is 0 Å². The van der Waals surface area contributed by atoms with Gasteiger partial charge in [-0.15, -0.1) is 0 Å². The van der Waals surface area contributed by atoms with E-state index in [2.05, 4.69) is 111 Å². The van der Waals surface area contributed by atoms with Crippen LogP contribution in [0.5, 0.6) is 0 Å². The fourth-order valence-electron chi connectivity index (χ4n) is 5.98. The second-order valence-corrected chi connectivity index (χ2v) is 9.78. The minimum absolute atomic E-state index is 0.835. The lowest BCUT2D eigenvalue weighted by Gasteiger charge is -2.12. The van der Waals surface area contributed by atoms with Crippen molar-refractivity contribution in [1.82, 2.24) is 18.9 Å². The molecule has 0 unspecified atom stereocenters. The molecule has 8 rings (SSSR count). The van der Waals surface area contributed by atoms with E-state index < -0.39 is 0 Å². The van der Waals surface area contributed by atoms with Gasteiger partial charge >= 0.3 is 0 Å². The van der Waals surface area contributed by atoms with E-state index in [1.807, 2.05) is 12.4 Å². The summed E-state index contributed by atoms with van der Waals surface area (Å²) in [5, 5.41) is 5.87. The van der Waals surface area contributed by atoms with Gasteiger partial charge in [0, 0.05) is 28.1 Å². The molecule has 2 aromatic carbocycles. The van der Waals surface area contributed by atoms with Crippen LogP contribution in [-0.4, -0.2) is 18.9 Å². The summed E-state index contributed by atoms with van der Waals surface area (Å²) in [4.78, 5) is 9.54. The van der Waals surface area contributed by atoms with Crippen molar-refractivity contribution in [3.8, 4) is 0 Å². The Kier molecular flexibility index (Phi) is 4.38. The number of aromatic nitrogens is 4. The van der Waals surface area contributed by atoms with Crippen LogP contribution in [0.4, 0.5) is 0 Å². The van der Waals surface area contributed by atoms with Crippen molar-refractivity contribution in [3.05, 3.63) is 120 Å². The van der Waals surface area contributed by atoms with Crippen molar-refractivity contribution in [3.63, 3.8) is 0 Å². The molecular formula is C33H24N4. The molecule has 0 N–H and O–H groups in total. The van der Waals surface area contributed by atoms with Crippen LogP contribution in [0.15, 0.2) is 103 Å². The molecule has 0 amide bonds. The molecule has 0 fully saturated rings. The van der Waals surface area contributed by atoms with Gasteiger partial charge in [0.05, 0.1) is 33.4 Å². The van der Waals surface area contributed by atoms with Crippen LogP contribution >= 0.6 is 0 Å². The Hall–Kier alpha value is -4.70. The number of nitrogens with zero attached hydrogens (tertiary/aromatic N) is 4. The predicted octanol–water partition coefficient (Wildman–Crippen LogP) is 6.12. The molecule has 0 atom stereocenters. The topological polar surface area (TPSA) is 35.1 Å². The molecular weight excluding hydrogens is 452 g/mol. The van der Waals surface area contributed by atoms with Crippen molar-refractivity contribution in [2.24, 2.45) is 0 Å². The van der Waals surface area contributed by atoms with Gasteiger partial charge in [-0.25, -0.2) is 4.98 Å². The van der Waals surface area contributed by atoms with Crippen molar-refractivity contribution in [1.29, 1.82) is 0 Å². The van der Waals surface area contributed by atoms with Gasteiger partial charge in [-0.1, -0.05) is 48.6 Å². The maximum Gasteiger partial charge on any atom is 0.138 e. The lowest BCUT2D eigenvalue weighted by molar-refractivity contribution is 1.02. The first-order valence-electron chi connectivity index (χ1n) is 12.9. The second-order valence-electron chi connectivity index (χ2n) is 9.78. The van der Waals surface area contributed by atoms with Crippen molar-refractivity contribution in [2.45, 2.75) is 19.3 Å². The van der Waals surface area contributed by atoms with Crippen LogP contribution in [0.1, 0.15) is 24.8 Å². The highest BCUT2D eigenvalue weighted by Gasteiger charge is 2.16. The van der Waals surface area contributed by atoms with Crippen LogP contribution in [0, 0.1) is 0 Å². The van der Waals surface area contributed by atoms with Gasteiger partial charge in [0.25, 0.3) is 0 Å². The summed E-state index contributed by atoms with van der Waals surface area (Å²) in [6.07, 6.45) is 20.3. The third-order valence-electron chi connectivity index (χ3n) is 7.68. The van der Waals surface area contributed by atoms with Gasteiger partial charge in [0.2, 0.25) is 0 Å². The summed E-state index contributed by atoms with van der Waals surface area (Å²) in [7, 11) is 0. The number of pyridine rings is 2. The Balaban J connectivity index is 1.44. The van der Waals surface area contributed by atoms with E-state index in [1.54, 1.807) is 0 Å². The molecule has 176 valence electrons. The highest BCUT2D eigenvalue weighted by atomic mass is 15.0. The van der Waals surface area contributed by atoms with Gasteiger partial charge in [-0.2, -0.15) is 0 Å². The quantitative estimate of drug-likeness (QED) is 0.302.